The van der Waals surface area contributed by atoms with Crippen LogP contribution in [0, 0.1) is 0 Å². The van der Waals surface area contributed by atoms with Gasteiger partial charge in [-0.15, -0.1) is 0 Å². The van der Waals surface area contributed by atoms with Crippen LogP contribution in [0.25, 0.3) is 22.0 Å². The van der Waals surface area contributed by atoms with Crippen molar-refractivity contribution in [2.75, 3.05) is 11.9 Å². The van der Waals surface area contributed by atoms with Crippen molar-refractivity contribution in [1.82, 2.24) is 20.1 Å². The number of hydrogen-bond donors (Lipinski definition) is 4. The summed E-state index contributed by atoms with van der Waals surface area (Å²) in [5.41, 5.74) is 12.3. The number of aryl methyl sites for hydroxylation is 1. The quantitative estimate of drug-likeness (QED) is 0.0568. The maximum atomic E-state index is 14.1. The number of benzene rings is 3. The first-order chi connectivity index (χ1) is 27.9. The standard InChI is InChI=1S/C44H48F2N6O5S/c45-44(46)20-18-31(19-21-44)51-25-35(28-8-5-9-29(23-28)41(47)58)32-14-13-30(24-37(32)51)49-39(54)11-3-1-2-4-22-48-38(53)16-12-27-7-6-10-33-34(27)26-52(43(33)57)36-15-17-40(55)50-42(36)56/h5-10,13-14,23-25,31,36H,1-4,11-12,15-22,26H2,(H2,47,58)(H,48,53)(H,49,54)(H,50,55,56). The molecule has 0 spiro atoms. The number of unbranched alkanes of at least 4 members (excludes halogenated alkanes) is 3. The molecule has 1 unspecified atom stereocenters. The summed E-state index contributed by atoms with van der Waals surface area (Å²) < 4.78 is 30.3. The largest absolute Gasteiger partial charge is 0.389 e. The van der Waals surface area contributed by atoms with Gasteiger partial charge < -0.3 is 25.8 Å². The molecule has 1 saturated carbocycles. The highest BCUT2D eigenvalue weighted by Crippen LogP contribution is 2.42. The number of imide groups is 1. The second-order valence-corrected chi connectivity index (χ2v) is 16.1. The van der Waals surface area contributed by atoms with E-state index < -0.39 is 17.9 Å². The Morgan fingerprint density at radius 2 is 1.67 bits per heavy atom. The normalized spacial score (nSPS) is 17.9. The number of carbonyl (C=O) groups is 5. The first-order valence-corrected chi connectivity index (χ1v) is 20.5. The SMILES string of the molecule is NC(=S)c1cccc(-c2cn(C3CCC(F)(F)CC3)c3cc(NC(=O)CCCCCCNC(=O)CCc4cccc5c4CN(C4CCC(=O)NC4=O)C5=O)ccc23)c1. The maximum absolute atomic E-state index is 14.1. The number of amides is 5. The van der Waals surface area contributed by atoms with Crippen LogP contribution in [-0.2, 0) is 32.1 Å². The van der Waals surface area contributed by atoms with Crippen molar-refractivity contribution >= 4 is 63.3 Å². The highest BCUT2D eigenvalue weighted by Gasteiger charge is 2.40. The topological polar surface area (TPSA) is 156 Å². The van der Waals surface area contributed by atoms with Crippen LogP contribution < -0.4 is 21.7 Å². The first-order valence-electron chi connectivity index (χ1n) is 20.1. The lowest BCUT2D eigenvalue weighted by atomic mass is 9.92. The number of hydrogen-bond acceptors (Lipinski definition) is 6. The van der Waals surface area contributed by atoms with E-state index in [0.717, 1.165) is 58.0 Å². The Morgan fingerprint density at radius 3 is 2.45 bits per heavy atom. The Balaban J connectivity index is 0.859. The lowest BCUT2D eigenvalue weighted by molar-refractivity contribution is -0.137. The van der Waals surface area contributed by atoms with Gasteiger partial charge in [0.25, 0.3) is 5.91 Å². The van der Waals surface area contributed by atoms with Gasteiger partial charge in [0.2, 0.25) is 29.6 Å². The summed E-state index contributed by atoms with van der Waals surface area (Å²) in [5, 5.41) is 9.25. The Kier molecular flexibility index (Phi) is 12.3. The highest BCUT2D eigenvalue weighted by atomic mass is 32.1. The molecule has 11 nitrogen and oxygen atoms in total. The number of nitrogens with zero attached hydrogens (tertiary/aromatic N) is 2. The number of piperidine rings is 1. The van der Waals surface area contributed by atoms with Gasteiger partial charge in [-0.3, -0.25) is 29.3 Å². The minimum Gasteiger partial charge on any atom is -0.389 e. The van der Waals surface area contributed by atoms with Crippen LogP contribution in [0.1, 0.15) is 110 Å². The van der Waals surface area contributed by atoms with Gasteiger partial charge in [-0.25, -0.2) is 8.78 Å². The van der Waals surface area contributed by atoms with E-state index in [-0.39, 0.29) is 61.9 Å². The maximum Gasteiger partial charge on any atom is 0.255 e. The number of nitrogens with two attached hydrogens (primary N) is 1. The third-order valence-corrected chi connectivity index (χ3v) is 11.8. The molecule has 3 heterocycles. The molecule has 3 aliphatic rings. The fraction of sp³-hybridized carbons (Fsp3) is 0.409. The van der Waals surface area contributed by atoms with Crippen molar-refractivity contribution in [3.63, 3.8) is 0 Å². The number of aromatic nitrogens is 1. The molecule has 1 saturated heterocycles. The average Bonchev–Trinajstić information content (AvgIpc) is 3.74. The Labute approximate surface area is 341 Å². The average molecular weight is 811 g/mol. The van der Waals surface area contributed by atoms with E-state index in [1.165, 1.54) is 4.90 Å². The highest BCUT2D eigenvalue weighted by molar-refractivity contribution is 7.80. The van der Waals surface area contributed by atoms with E-state index in [1.54, 1.807) is 12.1 Å². The van der Waals surface area contributed by atoms with Crippen molar-refractivity contribution < 1.29 is 32.8 Å². The predicted molar refractivity (Wildman–Crippen MR) is 221 cm³/mol. The van der Waals surface area contributed by atoms with E-state index >= 15 is 0 Å². The molecule has 7 rings (SSSR count). The molecular formula is C44H48F2N6O5S. The summed E-state index contributed by atoms with van der Waals surface area (Å²) in [6, 6.07) is 18.0. The van der Waals surface area contributed by atoms with Gasteiger partial charge in [-0.05, 0) is 79.5 Å². The summed E-state index contributed by atoms with van der Waals surface area (Å²) in [6.45, 7) is 0.789. The van der Waals surface area contributed by atoms with Gasteiger partial charge in [0, 0.05) is 85.2 Å². The predicted octanol–water partition coefficient (Wildman–Crippen LogP) is 7.09. The molecule has 2 fully saturated rings. The first kappa shape index (κ1) is 40.7. The number of halogens is 2. The minimum absolute atomic E-state index is 0.0897. The zero-order valence-electron chi connectivity index (χ0n) is 32.3. The van der Waals surface area contributed by atoms with Gasteiger partial charge >= 0.3 is 0 Å². The number of carbonyl (C=O) groups excluding carboxylic acids is 5. The summed E-state index contributed by atoms with van der Waals surface area (Å²) in [7, 11) is 0. The zero-order valence-corrected chi connectivity index (χ0v) is 33.1. The number of rotatable bonds is 15. The monoisotopic (exact) mass is 810 g/mol. The van der Waals surface area contributed by atoms with Gasteiger partial charge in [0.1, 0.15) is 11.0 Å². The molecule has 1 aromatic heterocycles. The van der Waals surface area contributed by atoms with Crippen molar-refractivity contribution in [2.45, 2.75) is 108 Å². The van der Waals surface area contributed by atoms with E-state index in [0.29, 0.717) is 61.3 Å². The molecule has 2 aliphatic heterocycles. The molecule has 4 aromatic rings. The summed E-state index contributed by atoms with van der Waals surface area (Å²) in [6.07, 6.45) is 7.06. The zero-order chi connectivity index (χ0) is 41.0. The number of nitrogens with one attached hydrogen (secondary N) is 3. The molecule has 0 bridgehead atoms. The van der Waals surface area contributed by atoms with Gasteiger partial charge in [-0.2, -0.15) is 0 Å². The van der Waals surface area contributed by atoms with Crippen LogP contribution in [-0.4, -0.2) is 62.5 Å². The molecule has 304 valence electrons. The summed E-state index contributed by atoms with van der Waals surface area (Å²) in [5.74, 6) is -3.87. The Bertz CT molecular complexity index is 2260. The van der Waals surface area contributed by atoms with Crippen LogP contribution in [0.15, 0.2) is 66.9 Å². The van der Waals surface area contributed by atoms with Crippen LogP contribution in [0.4, 0.5) is 14.5 Å². The van der Waals surface area contributed by atoms with E-state index in [1.807, 2.05) is 54.7 Å². The fourth-order valence-electron chi connectivity index (χ4n) is 8.44. The van der Waals surface area contributed by atoms with E-state index in [2.05, 4.69) is 20.5 Å². The molecule has 58 heavy (non-hydrogen) atoms. The molecule has 5 N–H and O–H groups in total. The molecule has 3 aromatic carbocycles. The minimum atomic E-state index is -2.65. The Hall–Kier alpha value is -5.50. The third-order valence-electron chi connectivity index (χ3n) is 11.6. The van der Waals surface area contributed by atoms with Crippen LogP contribution in [0.3, 0.4) is 0 Å². The van der Waals surface area contributed by atoms with Gasteiger partial charge in [0.15, 0.2) is 0 Å². The fourth-order valence-corrected chi connectivity index (χ4v) is 8.57. The van der Waals surface area contributed by atoms with Crippen molar-refractivity contribution in [3.8, 4) is 11.1 Å². The summed E-state index contributed by atoms with van der Waals surface area (Å²) >= 11 is 5.20. The molecular weight excluding hydrogens is 763 g/mol. The number of thiocarbonyl (C=S) groups is 1. The van der Waals surface area contributed by atoms with E-state index in [9.17, 15) is 32.8 Å². The lowest BCUT2D eigenvalue weighted by Crippen LogP contribution is -2.52. The van der Waals surface area contributed by atoms with Gasteiger partial charge in [-0.1, -0.05) is 61.5 Å². The van der Waals surface area contributed by atoms with Gasteiger partial charge in [0.05, 0.1) is 5.52 Å². The second-order valence-electron chi connectivity index (χ2n) is 15.6. The molecule has 5 amide bonds. The third kappa shape index (κ3) is 9.28. The van der Waals surface area contributed by atoms with Crippen LogP contribution in [0.2, 0.25) is 0 Å². The van der Waals surface area contributed by atoms with Crippen molar-refractivity contribution in [1.29, 1.82) is 0 Å². The smallest absolute Gasteiger partial charge is 0.255 e. The van der Waals surface area contributed by atoms with Crippen LogP contribution >= 0.6 is 12.2 Å². The second kappa shape index (κ2) is 17.6. The van der Waals surface area contributed by atoms with Crippen LogP contribution in [0.5, 0.6) is 0 Å². The molecule has 0 radical (unpaired) electrons. The Morgan fingerprint density at radius 1 is 0.897 bits per heavy atom. The number of anilines is 1. The number of alkyl halides is 2. The molecule has 14 heteroatoms. The van der Waals surface area contributed by atoms with Crippen molar-refractivity contribution in [3.05, 3.63) is 89.1 Å². The molecule has 1 aliphatic carbocycles. The lowest BCUT2D eigenvalue weighted by Gasteiger charge is -2.29. The molecule has 1 atom stereocenters. The summed E-state index contributed by atoms with van der Waals surface area (Å²) in [4.78, 5) is 64.6. The van der Waals surface area contributed by atoms with Crippen molar-refractivity contribution in [2.24, 2.45) is 5.73 Å². The van der Waals surface area contributed by atoms with E-state index in [4.69, 9.17) is 18.0 Å². The number of fused-ring (bicyclic) bond motifs is 2.